The molecule has 0 fully saturated rings. The van der Waals surface area contributed by atoms with Crippen LogP contribution in [-0.4, -0.2) is 48.9 Å². The van der Waals surface area contributed by atoms with E-state index in [1.807, 2.05) is 0 Å². The minimum Gasteiger partial charge on any atom is -0.462 e. The Kier molecular flexibility index (Phi) is 7.50. The van der Waals surface area contributed by atoms with Crippen LogP contribution in [0.5, 0.6) is 0 Å². The summed E-state index contributed by atoms with van der Waals surface area (Å²) in [6, 6.07) is 5.68. The lowest BCUT2D eigenvalue weighted by Crippen LogP contribution is -2.30. The van der Waals surface area contributed by atoms with E-state index in [-0.39, 0.29) is 17.1 Å². The van der Waals surface area contributed by atoms with Gasteiger partial charge in [-0.15, -0.1) is 0 Å². The number of carbonyl (C=O) groups excluding carboxylic acids is 2. The van der Waals surface area contributed by atoms with Crippen molar-refractivity contribution in [2.75, 3.05) is 19.7 Å². The maximum absolute atomic E-state index is 12.5. The van der Waals surface area contributed by atoms with Crippen LogP contribution >= 0.6 is 11.3 Å². The van der Waals surface area contributed by atoms with Gasteiger partial charge in [-0.1, -0.05) is 25.2 Å². The van der Waals surface area contributed by atoms with Gasteiger partial charge in [-0.25, -0.2) is 13.2 Å². The lowest BCUT2D eigenvalue weighted by molar-refractivity contribution is 0.0530. The van der Waals surface area contributed by atoms with E-state index in [2.05, 4.69) is 4.99 Å². The van der Waals surface area contributed by atoms with Crippen molar-refractivity contribution in [3.63, 3.8) is 0 Å². The maximum Gasteiger partial charge on any atom is 0.350 e. The predicted octanol–water partition coefficient (Wildman–Crippen LogP) is 2.34. The second-order valence-electron chi connectivity index (χ2n) is 6.11. The summed E-state index contributed by atoms with van der Waals surface area (Å²) in [5, 5.41) is 0. The number of thiazole rings is 1. The number of carbonyl (C=O) groups is 2. The van der Waals surface area contributed by atoms with Crippen molar-refractivity contribution >= 4 is 33.2 Å². The largest absolute Gasteiger partial charge is 0.462 e. The van der Waals surface area contributed by atoms with Gasteiger partial charge in [0, 0.05) is 31.4 Å². The number of benzene rings is 1. The van der Waals surface area contributed by atoms with Crippen molar-refractivity contribution in [2.45, 2.75) is 32.6 Å². The molecular formula is C19H25N3O5S2. The number of sulfonamides is 1. The second kappa shape index (κ2) is 9.47. The molecule has 0 radical (unpaired) electrons. The summed E-state index contributed by atoms with van der Waals surface area (Å²) >= 11 is 1.07. The summed E-state index contributed by atoms with van der Waals surface area (Å²) < 4.78 is 33.1. The summed E-state index contributed by atoms with van der Waals surface area (Å²) in [6.45, 7) is 8.00. The number of rotatable bonds is 7. The van der Waals surface area contributed by atoms with E-state index < -0.39 is 21.9 Å². The molecule has 1 aromatic carbocycles. The van der Waals surface area contributed by atoms with Crippen molar-refractivity contribution in [3.05, 3.63) is 45.2 Å². The van der Waals surface area contributed by atoms with Crippen molar-refractivity contribution < 1.29 is 22.7 Å². The average molecular weight is 440 g/mol. The van der Waals surface area contributed by atoms with Gasteiger partial charge >= 0.3 is 5.97 Å². The lowest BCUT2D eigenvalue weighted by Gasteiger charge is -2.18. The summed E-state index contributed by atoms with van der Waals surface area (Å²) in [6.07, 6.45) is 0. The Morgan fingerprint density at radius 1 is 1.14 bits per heavy atom. The lowest BCUT2D eigenvalue weighted by atomic mass is 10.2. The molecule has 1 heterocycles. The number of nitrogens with zero attached hydrogens (tertiary/aromatic N) is 3. The Labute approximate surface area is 174 Å². The van der Waals surface area contributed by atoms with Gasteiger partial charge in [-0.2, -0.15) is 9.30 Å². The molecule has 2 rings (SSSR count). The fraction of sp³-hybridized carbons (Fsp3) is 0.421. The van der Waals surface area contributed by atoms with Crippen molar-refractivity contribution in [1.82, 2.24) is 8.87 Å². The highest BCUT2D eigenvalue weighted by Crippen LogP contribution is 2.17. The van der Waals surface area contributed by atoms with Gasteiger partial charge in [0.25, 0.3) is 5.91 Å². The first-order chi connectivity index (χ1) is 13.7. The highest BCUT2D eigenvalue weighted by atomic mass is 32.2. The Balaban J connectivity index is 2.35. The molecule has 0 saturated heterocycles. The van der Waals surface area contributed by atoms with E-state index in [0.717, 1.165) is 11.3 Å². The molecule has 158 valence electrons. The zero-order valence-corrected chi connectivity index (χ0v) is 18.8. The number of ether oxygens (including phenoxy) is 1. The van der Waals surface area contributed by atoms with Gasteiger partial charge in [0.2, 0.25) is 10.0 Å². The van der Waals surface area contributed by atoms with Gasteiger partial charge in [-0.05, 0) is 38.1 Å². The SMILES string of the molecule is CCOC(=O)c1sc(=NC(=O)c2ccc(S(=O)(=O)N(CC)CC)cc2)n(C)c1C. The van der Waals surface area contributed by atoms with Gasteiger partial charge in [0.1, 0.15) is 4.88 Å². The third-order valence-corrected chi connectivity index (χ3v) is 7.69. The number of hydrogen-bond donors (Lipinski definition) is 0. The summed E-state index contributed by atoms with van der Waals surface area (Å²) in [4.78, 5) is 29.5. The molecule has 0 spiro atoms. The van der Waals surface area contributed by atoms with Crippen LogP contribution < -0.4 is 4.80 Å². The molecule has 0 aliphatic heterocycles. The first-order valence-electron chi connectivity index (χ1n) is 9.20. The van der Waals surface area contributed by atoms with Crippen LogP contribution in [0.2, 0.25) is 0 Å². The Hall–Kier alpha value is -2.30. The molecule has 0 saturated carbocycles. The van der Waals surface area contributed by atoms with Crippen LogP contribution in [0.15, 0.2) is 34.2 Å². The van der Waals surface area contributed by atoms with Crippen molar-refractivity contribution in [3.8, 4) is 0 Å². The maximum atomic E-state index is 12.5. The van der Waals surface area contributed by atoms with Gasteiger partial charge < -0.3 is 9.30 Å². The minimum absolute atomic E-state index is 0.125. The van der Waals surface area contributed by atoms with Crippen molar-refractivity contribution in [2.24, 2.45) is 12.0 Å². The van der Waals surface area contributed by atoms with Gasteiger partial charge in [0.15, 0.2) is 4.80 Å². The van der Waals surface area contributed by atoms with E-state index in [4.69, 9.17) is 4.74 Å². The Bertz CT molecular complexity index is 1060. The van der Waals surface area contributed by atoms with Crippen LogP contribution in [0.4, 0.5) is 0 Å². The van der Waals surface area contributed by atoms with Crippen LogP contribution in [0.25, 0.3) is 0 Å². The molecule has 1 aromatic heterocycles. The fourth-order valence-corrected chi connectivity index (χ4v) is 5.12. The quantitative estimate of drug-likeness (QED) is 0.617. The smallest absolute Gasteiger partial charge is 0.350 e. The zero-order chi connectivity index (χ0) is 21.8. The second-order valence-corrected chi connectivity index (χ2v) is 9.02. The molecule has 0 aliphatic rings. The molecule has 0 atom stereocenters. The monoisotopic (exact) mass is 439 g/mol. The van der Waals surface area contributed by atoms with E-state index >= 15 is 0 Å². The Morgan fingerprint density at radius 3 is 2.24 bits per heavy atom. The molecule has 2 aromatic rings. The summed E-state index contributed by atoms with van der Waals surface area (Å²) in [5.41, 5.74) is 0.910. The topological polar surface area (TPSA) is 98.0 Å². The molecule has 29 heavy (non-hydrogen) atoms. The molecular weight excluding hydrogens is 414 g/mol. The molecule has 0 aliphatic carbocycles. The van der Waals surface area contributed by atoms with Crippen LogP contribution in [0.1, 0.15) is 46.5 Å². The molecule has 8 nitrogen and oxygen atoms in total. The predicted molar refractivity (Wildman–Crippen MR) is 110 cm³/mol. The van der Waals surface area contributed by atoms with E-state index in [1.165, 1.54) is 28.6 Å². The average Bonchev–Trinajstić information content (AvgIpc) is 2.97. The third kappa shape index (κ3) is 4.82. The summed E-state index contributed by atoms with van der Waals surface area (Å²) in [7, 11) is -1.88. The Morgan fingerprint density at radius 2 is 1.72 bits per heavy atom. The van der Waals surface area contributed by atoms with E-state index in [9.17, 15) is 18.0 Å². The van der Waals surface area contributed by atoms with Crippen LogP contribution in [0, 0.1) is 6.92 Å². The standard InChI is InChI=1S/C19H25N3O5S2/c1-6-22(7-2)29(25,26)15-11-9-14(10-12-15)17(23)20-19-21(5)13(4)16(28-19)18(24)27-8-3/h9-12H,6-8H2,1-5H3. The van der Waals surface area contributed by atoms with E-state index in [1.54, 1.807) is 39.3 Å². The molecule has 1 amide bonds. The third-order valence-electron chi connectivity index (χ3n) is 4.41. The van der Waals surface area contributed by atoms with E-state index in [0.29, 0.717) is 28.5 Å². The first-order valence-corrected chi connectivity index (χ1v) is 11.5. The van der Waals surface area contributed by atoms with Crippen LogP contribution in [0.3, 0.4) is 0 Å². The normalized spacial score (nSPS) is 12.4. The van der Waals surface area contributed by atoms with Gasteiger partial charge in [0.05, 0.1) is 11.5 Å². The zero-order valence-electron chi connectivity index (χ0n) is 17.1. The van der Waals surface area contributed by atoms with Gasteiger partial charge in [-0.3, -0.25) is 4.79 Å². The first kappa shape index (κ1) is 23.0. The molecule has 0 unspecified atom stereocenters. The highest BCUT2D eigenvalue weighted by molar-refractivity contribution is 7.89. The van der Waals surface area contributed by atoms with Crippen molar-refractivity contribution in [1.29, 1.82) is 0 Å². The number of esters is 1. The fourth-order valence-electron chi connectivity index (χ4n) is 2.65. The number of aromatic nitrogens is 1. The molecule has 10 heteroatoms. The number of amides is 1. The number of hydrogen-bond acceptors (Lipinski definition) is 6. The van der Waals surface area contributed by atoms with Crippen LogP contribution in [-0.2, 0) is 21.8 Å². The summed E-state index contributed by atoms with van der Waals surface area (Å²) in [5.74, 6) is -0.977. The minimum atomic E-state index is -3.59. The molecule has 0 N–H and O–H groups in total. The molecule has 0 bridgehead atoms. The highest BCUT2D eigenvalue weighted by Gasteiger charge is 2.22.